The summed E-state index contributed by atoms with van der Waals surface area (Å²) in [6.07, 6.45) is 2.92. The Labute approximate surface area is 148 Å². The van der Waals surface area contributed by atoms with Gasteiger partial charge >= 0.3 is 6.09 Å². The third kappa shape index (κ3) is 6.24. The quantitative estimate of drug-likeness (QED) is 0.412. The molecule has 1 aromatic rings. The van der Waals surface area contributed by atoms with Crippen molar-refractivity contribution in [2.45, 2.75) is 58.7 Å². The zero-order valence-corrected chi connectivity index (χ0v) is 15.6. The number of guanidine groups is 1. The molecule has 25 heavy (non-hydrogen) atoms. The first-order chi connectivity index (χ1) is 11.9. The number of fused-ring (bicyclic) bond motifs is 1. The SMILES string of the molecule is CN=C(NCCNC(=O)OC(C)(C)C)NCc1nnc2n1CCCC2. The fourth-order valence-corrected chi connectivity index (χ4v) is 2.54. The summed E-state index contributed by atoms with van der Waals surface area (Å²) >= 11 is 0. The van der Waals surface area contributed by atoms with Crippen LogP contribution in [0.3, 0.4) is 0 Å². The molecule has 0 spiro atoms. The zero-order chi connectivity index (χ0) is 18.3. The number of carbonyl (C=O) groups is 1. The van der Waals surface area contributed by atoms with Crippen molar-refractivity contribution in [3.05, 3.63) is 11.6 Å². The molecule has 9 nitrogen and oxygen atoms in total. The van der Waals surface area contributed by atoms with Crippen molar-refractivity contribution >= 4 is 12.1 Å². The van der Waals surface area contributed by atoms with Crippen LogP contribution >= 0.6 is 0 Å². The second-order valence-corrected chi connectivity index (χ2v) is 6.92. The minimum atomic E-state index is -0.494. The van der Waals surface area contributed by atoms with Crippen molar-refractivity contribution in [2.75, 3.05) is 20.1 Å². The van der Waals surface area contributed by atoms with Crippen LogP contribution in [0.1, 0.15) is 45.3 Å². The Balaban J connectivity index is 1.69. The molecule has 1 aromatic heterocycles. The summed E-state index contributed by atoms with van der Waals surface area (Å²) in [7, 11) is 1.70. The maximum atomic E-state index is 11.6. The van der Waals surface area contributed by atoms with Gasteiger partial charge in [0.25, 0.3) is 0 Å². The van der Waals surface area contributed by atoms with Crippen LogP contribution in [0.25, 0.3) is 0 Å². The van der Waals surface area contributed by atoms with Gasteiger partial charge in [0.2, 0.25) is 0 Å². The van der Waals surface area contributed by atoms with Gasteiger partial charge in [-0.2, -0.15) is 0 Å². The Bertz CT molecular complexity index is 604. The molecule has 2 heterocycles. The number of rotatable bonds is 5. The van der Waals surface area contributed by atoms with Crippen LogP contribution < -0.4 is 16.0 Å². The van der Waals surface area contributed by atoms with Crippen molar-refractivity contribution in [1.82, 2.24) is 30.7 Å². The molecule has 0 unspecified atom stereocenters. The highest BCUT2D eigenvalue weighted by molar-refractivity contribution is 5.79. The van der Waals surface area contributed by atoms with Gasteiger partial charge in [-0.15, -0.1) is 10.2 Å². The van der Waals surface area contributed by atoms with Crippen LogP contribution in [-0.4, -0.2) is 52.6 Å². The fraction of sp³-hybridized carbons (Fsp3) is 0.750. The summed E-state index contributed by atoms with van der Waals surface area (Å²) in [6, 6.07) is 0. The average molecular weight is 351 g/mol. The van der Waals surface area contributed by atoms with E-state index in [1.54, 1.807) is 7.05 Å². The summed E-state index contributed by atoms with van der Waals surface area (Å²) in [5.41, 5.74) is -0.494. The van der Waals surface area contributed by atoms with Crippen molar-refractivity contribution in [3.8, 4) is 0 Å². The summed E-state index contributed by atoms with van der Waals surface area (Å²) in [6.45, 7) is 8.02. The summed E-state index contributed by atoms with van der Waals surface area (Å²) in [4.78, 5) is 15.7. The van der Waals surface area contributed by atoms with E-state index in [1.165, 1.54) is 12.8 Å². The number of hydrogen-bond donors (Lipinski definition) is 3. The molecule has 0 fully saturated rings. The van der Waals surface area contributed by atoms with Crippen LogP contribution in [0, 0.1) is 0 Å². The molecule has 0 aromatic carbocycles. The second-order valence-electron chi connectivity index (χ2n) is 6.92. The molecule has 9 heteroatoms. The number of aromatic nitrogens is 3. The Hall–Kier alpha value is -2.32. The number of nitrogens with zero attached hydrogens (tertiary/aromatic N) is 4. The first kappa shape index (κ1) is 19.0. The molecule has 0 bridgehead atoms. The van der Waals surface area contributed by atoms with Gasteiger partial charge in [0.15, 0.2) is 11.8 Å². The first-order valence-electron chi connectivity index (χ1n) is 8.71. The number of alkyl carbamates (subject to hydrolysis) is 1. The van der Waals surface area contributed by atoms with Crippen molar-refractivity contribution < 1.29 is 9.53 Å². The topological polar surface area (TPSA) is 105 Å². The predicted molar refractivity (Wildman–Crippen MR) is 95.4 cm³/mol. The summed E-state index contributed by atoms with van der Waals surface area (Å²) in [5, 5.41) is 17.5. The van der Waals surface area contributed by atoms with Crippen molar-refractivity contribution in [3.63, 3.8) is 0 Å². The van der Waals surface area contributed by atoms with E-state index in [1.807, 2.05) is 20.8 Å². The highest BCUT2D eigenvalue weighted by Crippen LogP contribution is 2.13. The standard InChI is InChI=1S/C16H29N7O2/c1-16(2,3)25-15(24)19-9-8-18-14(17-4)20-11-13-22-21-12-7-5-6-10-23(12)13/h5-11H2,1-4H3,(H,19,24)(H2,17,18,20). The summed E-state index contributed by atoms with van der Waals surface area (Å²) in [5.74, 6) is 2.64. The minimum absolute atomic E-state index is 0.424. The molecule has 3 N–H and O–H groups in total. The Morgan fingerprint density at radius 3 is 2.68 bits per heavy atom. The van der Waals surface area contributed by atoms with Crippen LogP contribution in [0.4, 0.5) is 4.79 Å². The molecular weight excluding hydrogens is 322 g/mol. The molecule has 0 saturated carbocycles. The Morgan fingerprint density at radius 2 is 1.96 bits per heavy atom. The van der Waals surface area contributed by atoms with Gasteiger partial charge in [-0.1, -0.05) is 0 Å². The molecule has 0 radical (unpaired) electrons. The number of aliphatic imine (C=N–C) groups is 1. The van der Waals surface area contributed by atoms with E-state index in [-0.39, 0.29) is 0 Å². The lowest BCUT2D eigenvalue weighted by molar-refractivity contribution is 0.0529. The van der Waals surface area contributed by atoms with Crippen LogP contribution in [0.15, 0.2) is 4.99 Å². The number of aryl methyl sites for hydroxylation is 1. The number of ether oxygens (including phenoxy) is 1. The van der Waals surface area contributed by atoms with E-state index in [4.69, 9.17) is 4.74 Å². The number of nitrogens with one attached hydrogen (secondary N) is 3. The molecular formula is C16H29N7O2. The smallest absolute Gasteiger partial charge is 0.407 e. The highest BCUT2D eigenvalue weighted by Gasteiger charge is 2.16. The van der Waals surface area contributed by atoms with Crippen molar-refractivity contribution in [2.24, 2.45) is 4.99 Å². The number of hydrogen-bond acceptors (Lipinski definition) is 5. The second kappa shape index (κ2) is 8.68. The third-order valence-corrected chi connectivity index (χ3v) is 3.66. The van der Waals surface area contributed by atoms with E-state index in [2.05, 4.69) is 35.7 Å². The largest absolute Gasteiger partial charge is 0.444 e. The zero-order valence-electron chi connectivity index (χ0n) is 15.6. The van der Waals surface area contributed by atoms with Gasteiger partial charge in [0.05, 0.1) is 6.54 Å². The number of carbonyl (C=O) groups excluding carboxylic acids is 1. The fourth-order valence-electron chi connectivity index (χ4n) is 2.54. The Morgan fingerprint density at radius 1 is 1.20 bits per heavy atom. The molecule has 1 amide bonds. The van der Waals surface area contributed by atoms with Gasteiger partial charge in [-0.05, 0) is 33.6 Å². The molecule has 0 aliphatic carbocycles. The lowest BCUT2D eigenvalue weighted by Gasteiger charge is -2.20. The lowest BCUT2D eigenvalue weighted by atomic mass is 10.2. The highest BCUT2D eigenvalue weighted by atomic mass is 16.6. The lowest BCUT2D eigenvalue weighted by Crippen LogP contribution is -2.42. The maximum absolute atomic E-state index is 11.6. The van der Waals surface area contributed by atoms with Gasteiger partial charge in [0, 0.05) is 33.1 Å². The van der Waals surface area contributed by atoms with E-state index in [0.29, 0.717) is 25.6 Å². The van der Waals surface area contributed by atoms with Crippen LogP contribution in [0.5, 0.6) is 0 Å². The van der Waals surface area contributed by atoms with Crippen LogP contribution in [-0.2, 0) is 24.2 Å². The van der Waals surface area contributed by atoms with E-state index >= 15 is 0 Å². The molecule has 0 atom stereocenters. The van der Waals surface area contributed by atoms with Gasteiger partial charge in [0.1, 0.15) is 11.4 Å². The monoisotopic (exact) mass is 351 g/mol. The van der Waals surface area contributed by atoms with Gasteiger partial charge in [-0.25, -0.2) is 4.79 Å². The maximum Gasteiger partial charge on any atom is 0.407 e. The average Bonchev–Trinajstić information content (AvgIpc) is 2.96. The number of amides is 1. The van der Waals surface area contributed by atoms with Crippen LogP contribution in [0.2, 0.25) is 0 Å². The van der Waals surface area contributed by atoms with Crippen molar-refractivity contribution in [1.29, 1.82) is 0 Å². The molecule has 1 aliphatic rings. The molecule has 140 valence electrons. The third-order valence-electron chi connectivity index (χ3n) is 3.66. The van der Waals surface area contributed by atoms with E-state index in [0.717, 1.165) is 24.6 Å². The van der Waals surface area contributed by atoms with Gasteiger partial charge < -0.3 is 25.3 Å². The predicted octanol–water partition coefficient (Wildman–Crippen LogP) is 0.804. The first-order valence-corrected chi connectivity index (χ1v) is 8.71. The van der Waals surface area contributed by atoms with Gasteiger partial charge in [-0.3, -0.25) is 4.99 Å². The summed E-state index contributed by atoms with van der Waals surface area (Å²) < 4.78 is 7.35. The molecule has 2 rings (SSSR count). The van der Waals surface area contributed by atoms with E-state index in [9.17, 15) is 4.79 Å². The van der Waals surface area contributed by atoms with E-state index < -0.39 is 11.7 Å². The molecule has 1 aliphatic heterocycles. The Kier molecular flexibility index (Phi) is 6.60. The normalized spacial score (nSPS) is 14.6. The minimum Gasteiger partial charge on any atom is -0.444 e. The molecule has 0 saturated heterocycles.